The summed E-state index contributed by atoms with van der Waals surface area (Å²) in [6, 6.07) is 0. The van der Waals surface area contributed by atoms with Crippen LogP contribution < -0.4 is 0 Å². The average molecular weight is 202 g/mol. The molecule has 0 unspecified atom stereocenters. The molecular formula is C9H14O5. The molecule has 0 aromatic carbocycles. The van der Waals surface area contributed by atoms with E-state index in [1.165, 1.54) is 13.8 Å². The lowest BCUT2D eigenvalue weighted by Gasteiger charge is -2.27. The monoisotopic (exact) mass is 202 g/mol. The maximum atomic E-state index is 10.6. The molecule has 0 N–H and O–H groups in total. The lowest BCUT2D eigenvalue weighted by Crippen LogP contribution is -2.34. The molecule has 1 saturated heterocycles. The van der Waals surface area contributed by atoms with Crippen LogP contribution in [0.3, 0.4) is 0 Å². The zero-order valence-corrected chi connectivity index (χ0v) is 8.32. The highest BCUT2D eigenvalue weighted by molar-refractivity contribution is 5.66. The first-order valence-corrected chi connectivity index (χ1v) is 4.54. The maximum Gasteiger partial charge on any atom is 0.304 e. The number of hydrogen-bond acceptors (Lipinski definition) is 5. The van der Waals surface area contributed by atoms with Crippen molar-refractivity contribution in [1.82, 2.24) is 0 Å². The van der Waals surface area contributed by atoms with Crippen molar-refractivity contribution in [2.24, 2.45) is 0 Å². The van der Waals surface area contributed by atoms with Crippen LogP contribution in [0.1, 0.15) is 26.7 Å². The Morgan fingerprint density at radius 1 is 1.14 bits per heavy atom. The molecule has 0 saturated carbocycles. The number of carbonyl (C=O) groups is 2. The van der Waals surface area contributed by atoms with E-state index < -0.39 is 6.29 Å². The molecule has 80 valence electrons. The van der Waals surface area contributed by atoms with Crippen molar-refractivity contribution in [2.75, 3.05) is 6.61 Å². The molecule has 0 aromatic heterocycles. The summed E-state index contributed by atoms with van der Waals surface area (Å²) in [5.41, 5.74) is 0. The fourth-order valence-corrected chi connectivity index (χ4v) is 1.31. The normalized spacial score (nSPS) is 26.7. The molecule has 1 rings (SSSR count). The average Bonchev–Trinajstić information content (AvgIpc) is 2.06. The number of carbonyl (C=O) groups excluding carboxylic acids is 2. The molecular weight excluding hydrogens is 188 g/mol. The third-order valence-corrected chi connectivity index (χ3v) is 1.82. The molecule has 2 atom stereocenters. The molecule has 5 nitrogen and oxygen atoms in total. The molecule has 1 heterocycles. The van der Waals surface area contributed by atoms with Crippen LogP contribution in [0.5, 0.6) is 0 Å². The largest absolute Gasteiger partial charge is 0.460 e. The van der Waals surface area contributed by atoms with Gasteiger partial charge in [-0.25, -0.2) is 0 Å². The molecule has 0 aromatic rings. The second-order valence-corrected chi connectivity index (χ2v) is 3.18. The van der Waals surface area contributed by atoms with E-state index >= 15 is 0 Å². The van der Waals surface area contributed by atoms with Crippen molar-refractivity contribution in [2.45, 2.75) is 39.1 Å². The summed E-state index contributed by atoms with van der Waals surface area (Å²) in [5.74, 6) is -0.675. The van der Waals surface area contributed by atoms with E-state index in [1.54, 1.807) is 0 Å². The van der Waals surface area contributed by atoms with Crippen molar-refractivity contribution >= 4 is 11.9 Å². The summed E-state index contributed by atoms with van der Waals surface area (Å²) in [6.07, 6.45) is 0.535. The van der Waals surface area contributed by atoms with Crippen molar-refractivity contribution in [3.63, 3.8) is 0 Å². The first kappa shape index (κ1) is 11.0. The van der Waals surface area contributed by atoms with Crippen LogP contribution in [-0.4, -0.2) is 30.9 Å². The first-order chi connectivity index (χ1) is 6.58. The van der Waals surface area contributed by atoms with Gasteiger partial charge in [0.05, 0.1) is 6.61 Å². The highest BCUT2D eigenvalue weighted by Gasteiger charge is 2.25. The minimum absolute atomic E-state index is 0.209. The SMILES string of the molecule is CC(=O)O[C@H]1CC[C@@H](OC(C)=O)OC1. The Labute approximate surface area is 82.3 Å². The van der Waals surface area contributed by atoms with Gasteiger partial charge in [-0.15, -0.1) is 0 Å². The maximum absolute atomic E-state index is 10.6. The van der Waals surface area contributed by atoms with Gasteiger partial charge in [0.1, 0.15) is 6.10 Å². The van der Waals surface area contributed by atoms with Gasteiger partial charge >= 0.3 is 11.9 Å². The molecule has 0 spiro atoms. The van der Waals surface area contributed by atoms with E-state index in [-0.39, 0.29) is 24.6 Å². The van der Waals surface area contributed by atoms with Gasteiger partial charge in [0.15, 0.2) is 0 Å². The van der Waals surface area contributed by atoms with Gasteiger partial charge < -0.3 is 14.2 Å². The van der Waals surface area contributed by atoms with Crippen LogP contribution in [0.2, 0.25) is 0 Å². The zero-order valence-electron chi connectivity index (χ0n) is 8.32. The molecule has 1 aliphatic heterocycles. The van der Waals surface area contributed by atoms with Gasteiger partial charge in [0, 0.05) is 20.3 Å². The van der Waals surface area contributed by atoms with Crippen LogP contribution in [0.4, 0.5) is 0 Å². The second kappa shape index (κ2) is 4.95. The number of rotatable bonds is 2. The van der Waals surface area contributed by atoms with Crippen molar-refractivity contribution in [3.05, 3.63) is 0 Å². The van der Waals surface area contributed by atoms with Crippen LogP contribution in [-0.2, 0) is 23.8 Å². The molecule has 14 heavy (non-hydrogen) atoms. The standard InChI is InChI=1S/C9H14O5/c1-6(10)13-8-3-4-9(12-5-8)14-7(2)11/h8-9H,3-5H2,1-2H3/t8-,9+/m0/s1. The van der Waals surface area contributed by atoms with Crippen molar-refractivity contribution in [1.29, 1.82) is 0 Å². The minimum Gasteiger partial charge on any atom is -0.460 e. The number of ether oxygens (including phenoxy) is 3. The van der Waals surface area contributed by atoms with Crippen LogP contribution in [0.15, 0.2) is 0 Å². The highest BCUT2D eigenvalue weighted by Crippen LogP contribution is 2.17. The zero-order chi connectivity index (χ0) is 10.6. The summed E-state index contributed by atoms with van der Waals surface area (Å²) in [5, 5.41) is 0. The molecule has 0 bridgehead atoms. The molecule has 1 aliphatic rings. The van der Waals surface area contributed by atoms with Crippen LogP contribution >= 0.6 is 0 Å². The fraction of sp³-hybridized carbons (Fsp3) is 0.778. The van der Waals surface area contributed by atoms with Gasteiger partial charge in [0.2, 0.25) is 6.29 Å². The topological polar surface area (TPSA) is 61.8 Å². The van der Waals surface area contributed by atoms with Gasteiger partial charge in [0.25, 0.3) is 0 Å². The van der Waals surface area contributed by atoms with Gasteiger partial charge in [-0.2, -0.15) is 0 Å². The Morgan fingerprint density at radius 3 is 2.21 bits per heavy atom. The van der Waals surface area contributed by atoms with Crippen LogP contribution in [0, 0.1) is 0 Å². The molecule has 0 aliphatic carbocycles. The van der Waals surface area contributed by atoms with E-state index in [9.17, 15) is 9.59 Å². The van der Waals surface area contributed by atoms with E-state index in [1.807, 2.05) is 0 Å². The molecule has 0 amide bonds. The van der Waals surface area contributed by atoms with E-state index in [2.05, 4.69) is 0 Å². The predicted octanol–water partition coefficient (Wildman–Crippen LogP) is 0.618. The van der Waals surface area contributed by atoms with E-state index in [0.717, 1.165) is 0 Å². The Hall–Kier alpha value is -1.10. The Morgan fingerprint density at radius 2 is 1.79 bits per heavy atom. The quantitative estimate of drug-likeness (QED) is 0.614. The summed E-state index contributed by atoms with van der Waals surface area (Å²) < 4.78 is 15.0. The third-order valence-electron chi connectivity index (χ3n) is 1.82. The summed E-state index contributed by atoms with van der Waals surface area (Å²) in [7, 11) is 0. The highest BCUT2D eigenvalue weighted by atomic mass is 16.7. The Bertz CT molecular complexity index is 193. The lowest BCUT2D eigenvalue weighted by molar-refractivity contribution is -0.202. The number of esters is 2. The van der Waals surface area contributed by atoms with Gasteiger partial charge in [-0.1, -0.05) is 0 Å². The third kappa shape index (κ3) is 3.74. The molecule has 1 fully saturated rings. The smallest absolute Gasteiger partial charge is 0.304 e. The summed E-state index contributed by atoms with van der Waals surface area (Å²) in [6.45, 7) is 2.98. The Balaban J connectivity index is 2.24. The first-order valence-electron chi connectivity index (χ1n) is 4.54. The Kier molecular flexibility index (Phi) is 3.88. The van der Waals surface area contributed by atoms with Crippen molar-refractivity contribution < 1.29 is 23.8 Å². The molecule has 5 heteroatoms. The lowest BCUT2D eigenvalue weighted by atomic mass is 10.1. The fourth-order valence-electron chi connectivity index (χ4n) is 1.31. The summed E-state index contributed by atoms with van der Waals surface area (Å²) in [4.78, 5) is 21.2. The predicted molar refractivity (Wildman–Crippen MR) is 46.3 cm³/mol. The van der Waals surface area contributed by atoms with E-state index in [4.69, 9.17) is 14.2 Å². The second-order valence-electron chi connectivity index (χ2n) is 3.18. The van der Waals surface area contributed by atoms with Gasteiger partial charge in [-0.3, -0.25) is 9.59 Å². The number of hydrogen-bond donors (Lipinski definition) is 0. The van der Waals surface area contributed by atoms with Crippen molar-refractivity contribution in [3.8, 4) is 0 Å². The van der Waals surface area contributed by atoms with Crippen LogP contribution in [0.25, 0.3) is 0 Å². The summed E-state index contributed by atoms with van der Waals surface area (Å²) >= 11 is 0. The minimum atomic E-state index is -0.487. The molecule has 0 radical (unpaired) electrons. The van der Waals surface area contributed by atoms with Gasteiger partial charge in [-0.05, 0) is 6.42 Å². The van der Waals surface area contributed by atoms with E-state index in [0.29, 0.717) is 12.8 Å².